The van der Waals surface area contributed by atoms with Crippen LogP contribution in [0.5, 0.6) is 0 Å². The highest BCUT2D eigenvalue weighted by atomic mass is 16.8. The largest absolute Gasteiger partial charge is 0.382 e. The van der Waals surface area contributed by atoms with Crippen molar-refractivity contribution < 1.29 is 156 Å². The third kappa shape index (κ3) is 17.1. The van der Waals surface area contributed by atoms with Crippen molar-refractivity contribution in [2.24, 2.45) is 0 Å². The Morgan fingerprint density at radius 3 is 0.681 bits per heavy atom. The summed E-state index contributed by atoms with van der Waals surface area (Å²) in [7, 11) is 29.0. The molecule has 0 aliphatic carbocycles. The first kappa shape index (κ1) is 78.4. The van der Waals surface area contributed by atoms with Crippen molar-refractivity contribution in [3.63, 3.8) is 0 Å². The Hall–Kier alpha value is -1.32. The predicted octanol–water partition coefficient (Wildman–Crippen LogP) is -0.746. The van der Waals surface area contributed by atoms with Crippen LogP contribution in [-0.4, -0.2) is 384 Å². The summed E-state index contributed by atoms with van der Waals surface area (Å²) < 4.78 is 213. The molecule has 21 heterocycles. The Bertz CT molecular complexity index is 2120. The molecule has 33 nitrogen and oxygen atoms in total. The van der Waals surface area contributed by atoms with Gasteiger partial charge in [-0.05, 0) is 6.92 Å². The summed E-state index contributed by atoms with van der Waals surface area (Å²) in [6.07, 6.45) is -32.2. The van der Waals surface area contributed by atoms with Gasteiger partial charge in [0.15, 0.2) is 44.0 Å². The molecule has 0 aromatic carbocycles. The lowest BCUT2D eigenvalue weighted by Gasteiger charge is -2.52. The average molecular weight is 1370 g/mol. The van der Waals surface area contributed by atoms with Crippen molar-refractivity contribution in [1.29, 1.82) is 0 Å². The van der Waals surface area contributed by atoms with E-state index in [1.807, 2.05) is 6.92 Å². The summed E-state index contributed by atoms with van der Waals surface area (Å²) in [6.45, 7) is 1.84. The maximum absolute atomic E-state index is 7.01. The Kier molecular flexibility index (Phi) is 31.8. The second-order valence-corrected chi connectivity index (χ2v) is 23.9. The van der Waals surface area contributed by atoms with Gasteiger partial charge in [-0.3, -0.25) is 0 Å². The molecular weight excluding hydrogens is 1260 g/mol. The Labute approximate surface area is 551 Å². The molecule has 21 aliphatic heterocycles. The molecule has 20 unspecified atom stereocenters. The second kappa shape index (κ2) is 38.1. The normalized spacial score (nSPS) is 46.7. The third-order valence-electron chi connectivity index (χ3n) is 18.8. The van der Waals surface area contributed by atoms with Gasteiger partial charge in [-0.25, -0.2) is 0 Å². The number of ether oxygens (including phenoxy) is 33. The van der Waals surface area contributed by atoms with E-state index in [2.05, 4.69) is 0 Å². The lowest BCUT2D eigenvalue weighted by Crippen LogP contribution is -2.69. The Morgan fingerprint density at radius 2 is 0.426 bits per heavy atom. The molecular formula is C61H108O33. The summed E-state index contributed by atoms with van der Waals surface area (Å²) >= 11 is 0. The van der Waals surface area contributed by atoms with Gasteiger partial charge in [0.1, 0.15) is 153 Å². The lowest BCUT2D eigenvalue weighted by atomic mass is 9.94. The molecule has 0 spiro atoms. The second-order valence-electron chi connectivity index (χ2n) is 23.9. The smallest absolute Gasteiger partial charge is 0.187 e. The van der Waals surface area contributed by atoms with E-state index in [0.29, 0.717) is 0 Å². The summed E-state index contributed by atoms with van der Waals surface area (Å²) in [5, 5.41) is 0. The van der Waals surface area contributed by atoms with Gasteiger partial charge in [-0.1, -0.05) is 0 Å². The zero-order valence-electron chi connectivity index (χ0n) is 58.1. The first-order valence-corrected chi connectivity index (χ1v) is 31.7. The van der Waals surface area contributed by atoms with Crippen molar-refractivity contribution in [3.8, 4) is 0 Å². The minimum absolute atomic E-state index is 0.00116. The van der Waals surface area contributed by atoms with Gasteiger partial charge in [-0.15, -0.1) is 0 Å². The molecule has 21 fully saturated rings. The molecule has 0 saturated carbocycles. The van der Waals surface area contributed by atoms with Crippen LogP contribution in [0.15, 0.2) is 0 Å². The first-order valence-electron chi connectivity index (χ1n) is 31.7. The zero-order chi connectivity index (χ0) is 67.9. The van der Waals surface area contributed by atoms with E-state index in [4.69, 9.17) is 156 Å². The Balaban J connectivity index is 1.20. The van der Waals surface area contributed by atoms with E-state index in [-0.39, 0.29) is 46.1 Å². The molecule has 0 aromatic heterocycles. The minimum atomic E-state index is -1.19. The van der Waals surface area contributed by atoms with Gasteiger partial charge in [0.25, 0.3) is 0 Å². The first-order chi connectivity index (χ1) is 45.7. The van der Waals surface area contributed by atoms with Crippen LogP contribution in [0.3, 0.4) is 0 Å². The van der Waals surface area contributed by atoms with Crippen LogP contribution in [0.1, 0.15) is 13.3 Å². The van der Waals surface area contributed by atoms with E-state index < -0.39 is 209 Å². The van der Waals surface area contributed by atoms with Crippen LogP contribution < -0.4 is 0 Å². The summed E-state index contributed by atoms with van der Waals surface area (Å²) in [4.78, 5) is 0. The molecule has 21 rings (SSSR count). The lowest BCUT2D eigenvalue weighted by molar-refractivity contribution is -0.401. The summed E-state index contributed by atoms with van der Waals surface area (Å²) in [5.74, 6) is 0. The fourth-order valence-corrected chi connectivity index (χ4v) is 14.3. The van der Waals surface area contributed by atoms with Crippen LogP contribution in [0.25, 0.3) is 0 Å². The maximum atomic E-state index is 7.01. The number of methoxy groups -OCH3 is 19. The van der Waals surface area contributed by atoms with Gasteiger partial charge in [-0.2, -0.15) is 0 Å². The molecule has 14 bridgehead atoms. The Morgan fingerprint density at radius 1 is 0.213 bits per heavy atom. The zero-order valence-corrected chi connectivity index (χ0v) is 58.1. The van der Waals surface area contributed by atoms with E-state index in [1.54, 1.807) is 21.3 Å². The third-order valence-corrected chi connectivity index (χ3v) is 18.8. The monoisotopic (exact) mass is 1370 g/mol. The number of hydrogen-bond donors (Lipinski definition) is 0. The highest BCUT2D eigenvalue weighted by Gasteiger charge is 2.61. The maximum Gasteiger partial charge on any atom is 0.187 e. The summed E-state index contributed by atoms with van der Waals surface area (Å²) in [5.41, 5.74) is 0. The van der Waals surface area contributed by atoms with Crippen molar-refractivity contribution in [2.75, 3.05) is 175 Å². The fraction of sp³-hybridized carbons (Fsp3) is 1.00. The number of hydrogen-bond acceptors (Lipinski definition) is 33. The molecule has 33 heteroatoms. The van der Waals surface area contributed by atoms with Gasteiger partial charge in [0, 0.05) is 142 Å². The molecule has 34 atom stereocenters. The fourth-order valence-electron chi connectivity index (χ4n) is 14.3. The summed E-state index contributed by atoms with van der Waals surface area (Å²) in [6, 6.07) is 0. The molecule has 0 amide bonds. The van der Waals surface area contributed by atoms with Crippen molar-refractivity contribution in [1.82, 2.24) is 0 Å². The van der Waals surface area contributed by atoms with E-state index in [9.17, 15) is 0 Å². The predicted molar refractivity (Wildman–Crippen MR) is 317 cm³/mol. The van der Waals surface area contributed by atoms with Crippen molar-refractivity contribution >= 4 is 0 Å². The van der Waals surface area contributed by atoms with Gasteiger partial charge in [0.05, 0.1) is 51.8 Å². The molecule has 550 valence electrons. The van der Waals surface area contributed by atoms with E-state index in [1.165, 1.54) is 114 Å². The minimum Gasteiger partial charge on any atom is -0.382 e. The molecule has 0 aromatic rings. The van der Waals surface area contributed by atoms with Gasteiger partial charge >= 0.3 is 0 Å². The molecule has 0 N–H and O–H groups in total. The van der Waals surface area contributed by atoms with Gasteiger partial charge in [0.2, 0.25) is 0 Å². The molecule has 94 heavy (non-hydrogen) atoms. The van der Waals surface area contributed by atoms with Gasteiger partial charge < -0.3 is 156 Å². The van der Waals surface area contributed by atoms with Crippen LogP contribution in [-0.2, 0) is 156 Å². The highest BCUT2D eigenvalue weighted by molar-refractivity contribution is 5.03. The van der Waals surface area contributed by atoms with Crippen molar-refractivity contribution in [3.05, 3.63) is 0 Å². The SMILES string of the molecule is COCC1O[C@@H]2O[C@@H]3C(COC)O[C@H](O[C@@H]4C(C)O[C@H](O[C@@H]5C(COC)O[C@@H](O[C@@H]6C(COC)O[C@H](O[C@@H]7C(COC)O[C@@H](O[C@H]8CC(OC)[C@H](OC8COC)O[C@H]1C(OC)C2OC)C(OC)C7OC)C(OC)C6OC)C(OC)C5OC)C(OC)C4OC)C(OC)C3OC. The van der Waals surface area contributed by atoms with Crippen LogP contribution >= 0.6 is 0 Å². The quantitative estimate of drug-likeness (QED) is 0.109. The molecule has 0 radical (unpaired) electrons. The number of rotatable bonds is 25. The van der Waals surface area contributed by atoms with Crippen LogP contribution in [0.4, 0.5) is 0 Å². The highest BCUT2D eigenvalue weighted by Crippen LogP contribution is 2.43. The van der Waals surface area contributed by atoms with Crippen molar-refractivity contribution in [2.45, 2.75) is 222 Å². The standard InChI is InChI=1S/C61H108O33/c1-28-37-43(69-9)49(75-15)56(81-28)91-39-34(25-65-5)87-60(53(79-19)46(39)72-12)94-42-36(27-67-7)88-61(54(80-20)48(42)74-14)92-40-33(24-64-4)84-57(50(76-16)45(40)71-11)82-29-21-30(68-8)55(83-31(29)22-62-2)90-38-32(23-63-3)86-59(52(78-18)44(38)70-10)93-41-35(26-66-6)85-58(89-37)51(77-17)47(41)73-13/h28-61H,21-27H2,1-20H3/t28?,29-,30?,31?,32?,33?,34?,35?,36?,37+,38+,39+,40+,41+,42+,43?,44?,45?,46?,47?,48?,49?,50?,51?,52?,53?,54?,55+,56+,57+,58+,59+,60-,61+/m0/s1. The van der Waals surface area contributed by atoms with E-state index >= 15 is 0 Å². The molecule has 21 aliphatic rings. The topological polar surface area (TPSA) is 305 Å². The van der Waals surface area contributed by atoms with Crippen LogP contribution in [0.2, 0.25) is 0 Å². The van der Waals surface area contributed by atoms with Crippen LogP contribution in [0, 0.1) is 0 Å². The van der Waals surface area contributed by atoms with E-state index in [0.717, 1.165) is 0 Å². The molecule has 21 saturated heterocycles. The average Bonchev–Trinajstić information content (AvgIpc) is 0.775.